The van der Waals surface area contributed by atoms with Crippen LogP contribution in [0.25, 0.3) is 0 Å². The van der Waals surface area contributed by atoms with Gasteiger partial charge in [-0.05, 0) is 41.5 Å². The number of hydrogen-bond donors (Lipinski definition) is 1. The van der Waals surface area contributed by atoms with Gasteiger partial charge in [0, 0.05) is 30.4 Å². The normalized spacial score (nSPS) is 10.5. The van der Waals surface area contributed by atoms with E-state index in [-0.39, 0.29) is 0 Å². The Morgan fingerprint density at radius 2 is 1.75 bits per heavy atom. The molecule has 0 aliphatic carbocycles. The number of methoxy groups -OCH3 is 1. The summed E-state index contributed by atoms with van der Waals surface area (Å²) in [5.74, 6) is 2.05. The van der Waals surface area contributed by atoms with Crippen LogP contribution in [0.3, 0.4) is 0 Å². The summed E-state index contributed by atoms with van der Waals surface area (Å²) in [5.41, 5.74) is 2.15. The summed E-state index contributed by atoms with van der Waals surface area (Å²) in [6, 6.07) is 19.1. The first-order valence-electron chi connectivity index (χ1n) is 9.03. The van der Waals surface area contributed by atoms with Crippen molar-refractivity contribution < 1.29 is 14.2 Å². The highest BCUT2D eigenvalue weighted by molar-refractivity contribution is 6.30. The maximum absolute atomic E-state index is 5.91. The third-order valence-electron chi connectivity index (χ3n) is 4.03. The van der Waals surface area contributed by atoms with E-state index >= 15 is 0 Å². The van der Waals surface area contributed by atoms with Crippen molar-refractivity contribution in [1.82, 2.24) is 10.3 Å². The molecule has 6 heteroatoms. The van der Waals surface area contributed by atoms with Gasteiger partial charge in [0.1, 0.15) is 13.2 Å². The highest BCUT2D eigenvalue weighted by Gasteiger charge is 2.06. The van der Waals surface area contributed by atoms with Gasteiger partial charge in [-0.2, -0.15) is 0 Å². The molecule has 3 aromatic rings. The lowest BCUT2D eigenvalue weighted by Gasteiger charge is -2.13. The van der Waals surface area contributed by atoms with Crippen molar-refractivity contribution in [2.45, 2.75) is 13.2 Å². The van der Waals surface area contributed by atoms with Crippen LogP contribution in [0.15, 0.2) is 66.9 Å². The number of nitrogens with zero attached hydrogens (tertiary/aromatic N) is 1. The summed E-state index contributed by atoms with van der Waals surface area (Å²) in [7, 11) is 1.64. The topological polar surface area (TPSA) is 52.6 Å². The quantitative estimate of drug-likeness (QED) is 0.510. The predicted octanol–water partition coefficient (Wildman–Crippen LogP) is 4.49. The monoisotopic (exact) mass is 398 g/mol. The molecule has 0 bridgehead atoms. The van der Waals surface area contributed by atoms with Crippen molar-refractivity contribution in [3.05, 3.63) is 83.0 Å². The van der Waals surface area contributed by atoms with Crippen LogP contribution in [0, 0.1) is 0 Å². The van der Waals surface area contributed by atoms with E-state index < -0.39 is 0 Å². The zero-order chi connectivity index (χ0) is 19.6. The van der Waals surface area contributed by atoms with Gasteiger partial charge in [0.2, 0.25) is 5.88 Å². The fraction of sp³-hybridized carbons (Fsp3) is 0.227. The molecule has 0 atom stereocenters. The third kappa shape index (κ3) is 6.15. The van der Waals surface area contributed by atoms with Gasteiger partial charge in [0.25, 0.3) is 0 Å². The smallest absolute Gasteiger partial charge is 0.213 e. The van der Waals surface area contributed by atoms with Gasteiger partial charge >= 0.3 is 0 Å². The van der Waals surface area contributed by atoms with E-state index in [2.05, 4.69) is 10.3 Å². The Bertz CT molecular complexity index is 857. The van der Waals surface area contributed by atoms with Crippen molar-refractivity contribution in [2.24, 2.45) is 0 Å². The highest BCUT2D eigenvalue weighted by atomic mass is 35.5. The van der Waals surface area contributed by atoms with Crippen LogP contribution in [0.5, 0.6) is 17.4 Å². The number of aromatic nitrogens is 1. The number of halogens is 1. The minimum atomic E-state index is 0.454. The van der Waals surface area contributed by atoms with Crippen LogP contribution in [-0.4, -0.2) is 25.2 Å². The molecule has 0 aliphatic heterocycles. The molecule has 2 aromatic carbocycles. The molecule has 146 valence electrons. The van der Waals surface area contributed by atoms with Gasteiger partial charge in [0.15, 0.2) is 11.5 Å². The first-order chi connectivity index (χ1) is 13.7. The van der Waals surface area contributed by atoms with Gasteiger partial charge in [-0.15, -0.1) is 0 Å². The van der Waals surface area contributed by atoms with Gasteiger partial charge in [-0.1, -0.05) is 35.9 Å². The first-order valence-corrected chi connectivity index (χ1v) is 9.41. The van der Waals surface area contributed by atoms with Gasteiger partial charge < -0.3 is 19.5 Å². The average Bonchev–Trinajstić information content (AvgIpc) is 2.74. The van der Waals surface area contributed by atoms with Crippen LogP contribution < -0.4 is 19.5 Å². The fourth-order valence-corrected chi connectivity index (χ4v) is 2.70. The summed E-state index contributed by atoms with van der Waals surface area (Å²) >= 11 is 5.91. The lowest BCUT2D eigenvalue weighted by molar-refractivity contribution is 0.284. The van der Waals surface area contributed by atoms with Crippen molar-refractivity contribution in [2.75, 3.05) is 20.3 Å². The van der Waals surface area contributed by atoms with Crippen LogP contribution in [0.1, 0.15) is 11.1 Å². The third-order valence-corrected chi connectivity index (χ3v) is 4.28. The molecule has 1 heterocycles. The van der Waals surface area contributed by atoms with Crippen molar-refractivity contribution in [3.63, 3.8) is 0 Å². The summed E-state index contributed by atoms with van der Waals surface area (Å²) in [4.78, 5) is 4.12. The molecule has 0 radical (unpaired) electrons. The largest absolute Gasteiger partial charge is 0.493 e. The van der Waals surface area contributed by atoms with Crippen molar-refractivity contribution in [1.29, 1.82) is 0 Å². The number of benzene rings is 2. The summed E-state index contributed by atoms with van der Waals surface area (Å²) < 4.78 is 16.9. The fourth-order valence-electron chi connectivity index (χ4n) is 2.58. The molecular formula is C22H23ClN2O3. The Hall–Kier alpha value is -2.76. The molecule has 5 nitrogen and oxygen atoms in total. The Kier molecular flexibility index (Phi) is 7.53. The molecule has 0 unspecified atom stereocenters. The highest BCUT2D eigenvalue weighted by Crippen LogP contribution is 2.29. The Balaban J connectivity index is 1.46. The Morgan fingerprint density at radius 1 is 0.929 bits per heavy atom. The maximum Gasteiger partial charge on any atom is 0.213 e. The lowest BCUT2D eigenvalue weighted by Crippen LogP contribution is -2.20. The minimum absolute atomic E-state index is 0.454. The van der Waals surface area contributed by atoms with E-state index in [9.17, 15) is 0 Å². The number of nitrogens with one attached hydrogen (secondary N) is 1. The second kappa shape index (κ2) is 10.5. The molecule has 0 spiro atoms. The number of hydrogen-bond acceptors (Lipinski definition) is 5. The van der Waals surface area contributed by atoms with Crippen molar-refractivity contribution >= 4 is 11.6 Å². The second-order valence-electron chi connectivity index (χ2n) is 6.09. The first kappa shape index (κ1) is 20.0. The van der Waals surface area contributed by atoms with Gasteiger partial charge in [0.05, 0.1) is 7.11 Å². The molecule has 0 amide bonds. The van der Waals surface area contributed by atoms with Crippen LogP contribution in [0.2, 0.25) is 5.02 Å². The SMILES string of the molecule is COc1cc(CNCCOc2ccccn2)ccc1OCc1ccc(Cl)cc1. The lowest BCUT2D eigenvalue weighted by atomic mass is 10.2. The van der Waals surface area contributed by atoms with Crippen LogP contribution in [-0.2, 0) is 13.2 Å². The maximum atomic E-state index is 5.91. The average molecular weight is 399 g/mol. The summed E-state index contributed by atoms with van der Waals surface area (Å²) in [6.07, 6.45) is 1.71. The zero-order valence-corrected chi connectivity index (χ0v) is 16.5. The van der Waals surface area contributed by atoms with E-state index in [1.54, 1.807) is 13.3 Å². The van der Waals surface area contributed by atoms with Crippen molar-refractivity contribution in [3.8, 4) is 17.4 Å². The van der Waals surface area contributed by atoms with E-state index in [1.807, 2.05) is 60.7 Å². The van der Waals surface area contributed by atoms with Crippen LogP contribution in [0.4, 0.5) is 0 Å². The van der Waals surface area contributed by atoms with Gasteiger partial charge in [-0.3, -0.25) is 0 Å². The molecule has 0 aliphatic rings. The van der Waals surface area contributed by atoms with Crippen LogP contribution >= 0.6 is 11.6 Å². The number of rotatable bonds is 10. The molecular weight excluding hydrogens is 376 g/mol. The second-order valence-corrected chi connectivity index (χ2v) is 6.53. The molecule has 1 aromatic heterocycles. The Labute approximate surface area is 170 Å². The van der Waals surface area contributed by atoms with E-state index in [1.165, 1.54) is 0 Å². The Morgan fingerprint density at radius 3 is 2.50 bits per heavy atom. The molecule has 0 saturated heterocycles. The molecule has 3 rings (SSSR count). The molecule has 1 N–H and O–H groups in total. The van der Waals surface area contributed by atoms with E-state index in [0.29, 0.717) is 48.7 Å². The summed E-state index contributed by atoms with van der Waals surface area (Å²) in [5, 5.41) is 4.06. The predicted molar refractivity (Wildman–Crippen MR) is 110 cm³/mol. The zero-order valence-electron chi connectivity index (χ0n) is 15.7. The summed E-state index contributed by atoms with van der Waals surface area (Å²) in [6.45, 7) is 2.43. The standard InChI is InChI=1S/C22H23ClN2O3/c1-26-21-14-18(15-24-12-13-27-22-4-2-3-11-25-22)7-10-20(21)28-16-17-5-8-19(23)9-6-17/h2-11,14,24H,12-13,15-16H2,1H3. The molecule has 28 heavy (non-hydrogen) atoms. The van der Waals surface area contributed by atoms with E-state index in [4.69, 9.17) is 25.8 Å². The minimum Gasteiger partial charge on any atom is -0.493 e. The molecule has 0 saturated carbocycles. The number of pyridine rings is 1. The molecule has 0 fully saturated rings. The van der Waals surface area contributed by atoms with Gasteiger partial charge in [-0.25, -0.2) is 4.98 Å². The number of ether oxygens (including phenoxy) is 3. The van der Waals surface area contributed by atoms with E-state index in [0.717, 1.165) is 11.1 Å².